The molecule has 1 aromatic carbocycles. The van der Waals surface area contributed by atoms with Gasteiger partial charge >= 0.3 is 0 Å². The Morgan fingerprint density at radius 1 is 1.24 bits per heavy atom. The largest absolute Gasteiger partial charge is 0.494 e. The maximum absolute atomic E-state index is 9.83. The van der Waals surface area contributed by atoms with Crippen LogP contribution >= 0.6 is 0 Å². The van der Waals surface area contributed by atoms with Crippen LogP contribution in [-0.2, 0) is 12.1 Å². The van der Waals surface area contributed by atoms with Gasteiger partial charge in [-0.05, 0) is 51.0 Å². The number of hydrogen-bond donors (Lipinski definition) is 1. The Kier molecular flexibility index (Phi) is 4.63. The molecule has 21 heavy (non-hydrogen) atoms. The average molecular weight is 289 g/mol. The maximum atomic E-state index is 9.83. The summed E-state index contributed by atoms with van der Waals surface area (Å²) in [6.07, 6.45) is 2.61. The molecule has 0 aliphatic rings. The molecule has 1 aromatic heterocycles. The Morgan fingerprint density at radius 2 is 2.00 bits per heavy atom. The van der Waals surface area contributed by atoms with Gasteiger partial charge in [0.2, 0.25) is 0 Å². The van der Waals surface area contributed by atoms with Gasteiger partial charge in [-0.25, -0.2) is 0 Å². The molecule has 1 heterocycles. The van der Waals surface area contributed by atoms with Gasteiger partial charge in [0, 0.05) is 13.0 Å². The van der Waals surface area contributed by atoms with E-state index < -0.39 is 5.60 Å². The molecule has 0 atom stereocenters. The van der Waals surface area contributed by atoms with Crippen LogP contribution in [0.5, 0.6) is 5.75 Å². The first-order valence-corrected chi connectivity index (χ1v) is 7.19. The van der Waals surface area contributed by atoms with Crippen molar-refractivity contribution in [1.82, 2.24) is 15.0 Å². The van der Waals surface area contributed by atoms with E-state index in [1.54, 1.807) is 24.7 Å². The zero-order valence-electron chi connectivity index (χ0n) is 13.1. The van der Waals surface area contributed by atoms with Crippen molar-refractivity contribution in [3.05, 3.63) is 41.2 Å². The second-order valence-electron chi connectivity index (χ2n) is 5.87. The van der Waals surface area contributed by atoms with Crippen molar-refractivity contribution >= 4 is 0 Å². The lowest BCUT2D eigenvalue weighted by Crippen LogP contribution is -2.15. The van der Waals surface area contributed by atoms with Crippen molar-refractivity contribution in [2.75, 3.05) is 6.61 Å². The molecule has 0 radical (unpaired) electrons. The van der Waals surface area contributed by atoms with E-state index in [9.17, 15) is 5.11 Å². The van der Waals surface area contributed by atoms with Gasteiger partial charge in [-0.1, -0.05) is 11.3 Å². The summed E-state index contributed by atoms with van der Waals surface area (Å²) in [5.41, 5.74) is 2.13. The molecule has 0 saturated heterocycles. The topological polar surface area (TPSA) is 60.2 Å². The summed E-state index contributed by atoms with van der Waals surface area (Å²) < 4.78 is 7.46. The smallest absolute Gasteiger partial charge is 0.119 e. The first-order valence-electron chi connectivity index (χ1n) is 7.19. The summed E-state index contributed by atoms with van der Waals surface area (Å²) in [5.74, 6) is 0.897. The second kappa shape index (κ2) is 6.26. The lowest BCUT2D eigenvalue weighted by atomic mass is 10.1. The molecule has 5 heteroatoms. The summed E-state index contributed by atoms with van der Waals surface area (Å²) in [6, 6.07) is 6.11. The fraction of sp³-hybridized carbons (Fsp3) is 0.500. The van der Waals surface area contributed by atoms with Crippen LogP contribution in [0.2, 0.25) is 0 Å². The Labute approximate surface area is 125 Å². The highest BCUT2D eigenvalue weighted by atomic mass is 16.5. The molecular weight excluding hydrogens is 266 g/mol. The van der Waals surface area contributed by atoms with Crippen LogP contribution in [0.25, 0.3) is 0 Å². The van der Waals surface area contributed by atoms with E-state index in [1.807, 2.05) is 6.07 Å². The van der Waals surface area contributed by atoms with Crippen LogP contribution < -0.4 is 4.74 Å². The van der Waals surface area contributed by atoms with Gasteiger partial charge < -0.3 is 9.84 Å². The van der Waals surface area contributed by atoms with Gasteiger partial charge in [0.1, 0.15) is 17.0 Å². The van der Waals surface area contributed by atoms with Crippen molar-refractivity contribution in [3.63, 3.8) is 0 Å². The van der Waals surface area contributed by atoms with Gasteiger partial charge in [-0.2, -0.15) is 0 Å². The molecule has 2 rings (SSSR count). The minimum Gasteiger partial charge on any atom is -0.494 e. The number of aryl methyl sites for hydroxylation is 3. The predicted octanol–water partition coefficient (Wildman–Crippen LogP) is 2.59. The molecule has 0 amide bonds. The zero-order valence-corrected chi connectivity index (χ0v) is 13.1. The number of aliphatic hydroxyl groups is 1. The Bertz CT molecular complexity index is 600. The quantitative estimate of drug-likeness (QED) is 0.830. The molecule has 0 unspecified atom stereocenters. The standard InChI is InChI=1S/C16H23N3O2/c1-12-6-7-14(10-13(12)2)21-9-5-8-19-11-15(17-18-19)16(3,4)20/h6-7,10-11,20H,5,8-9H2,1-4H3. The highest BCUT2D eigenvalue weighted by Gasteiger charge is 2.19. The summed E-state index contributed by atoms with van der Waals surface area (Å²) >= 11 is 0. The van der Waals surface area contributed by atoms with Gasteiger partial charge in [-0.15, -0.1) is 5.10 Å². The summed E-state index contributed by atoms with van der Waals surface area (Å²) in [4.78, 5) is 0. The molecule has 0 bridgehead atoms. The normalized spacial score (nSPS) is 11.7. The maximum Gasteiger partial charge on any atom is 0.119 e. The van der Waals surface area contributed by atoms with Gasteiger partial charge in [-0.3, -0.25) is 4.68 Å². The summed E-state index contributed by atoms with van der Waals surface area (Å²) in [6.45, 7) is 8.91. The molecule has 5 nitrogen and oxygen atoms in total. The van der Waals surface area contributed by atoms with E-state index in [0.29, 0.717) is 18.8 Å². The lowest BCUT2D eigenvalue weighted by Gasteiger charge is -2.11. The molecular formula is C16H23N3O2. The summed E-state index contributed by atoms with van der Waals surface area (Å²) in [7, 11) is 0. The third kappa shape index (κ3) is 4.29. The number of nitrogens with zero attached hydrogens (tertiary/aromatic N) is 3. The van der Waals surface area contributed by atoms with E-state index >= 15 is 0 Å². The Balaban J connectivity index is 1.79. The van der Waals surface area contributed by atoms with Crippen LogP contribution in [-0.4, -0.2) is 26.7 Å². The van der Waals surface area contributed by atoms with E-state index in [4.69, 9.17) is 4.74 Å². The van der Waals surface area contributed by atoms with E-state index in [0.717, 1.165) is 12.2 Å². The van der Waals surface area contributed by atoms with Gasteiger partial charge in [0.05, 0.1) is 12.8 Å². The van der Waals surface area contributed by atoms with Crippen molar-refractivity contribution in [3.8, 4) is 5.75 Å². The molecule has 1 N–H and O–H groups in total. The second-order valence-corrected chi connectivity index (χ2v) is 5.87. The molecule has 0 aliphatic heterocycles. The van der Waals surface area contributed by atoms with Crippen LogP contribution in [0.1, 0.15) is 37.1 Å². The lowest BCUT2D eigenvalue weighted by molar-refractivity contribution is 0.0737. The monoisotopic (exact) mass is 289 g/mol. The number of rotatable bonds is 6. The van der Waals surface area contributed by atoms with E-state index in [2.05, 4.69) is 36.3 Å². The van der Waals surface area contributed by atoms with Crippen LogP contribution in [0, 0.1) is 13.8 Å². The van der Waals surface area contributed by atoms with Crippen LogP contribution in [0.4, 0.5) is 0 Å². The molecule has 114 valence electrons. The third-order valence-electron chi connectivity index (χ3n) is 3.44. The highest BCUT2D eigenvalue weighted by molar-refractivity contribution is 5.33. The number of ether oxygens (including phenoxy) is 1. The van der Waals surface area contributed by atoms with E-state index in [1.165, 1.54) is 11.1 Å². The predicted molar refractivity (Wildman–Crippen MR) is 81.3 cm³/mol. The molecule has 0 fully saturated rings. The van der Waals surface area contributed by atoms with Gasteiger partial charge in [0.25, 0.3) is 0 Å². The average Bonchev–Trinajstić information content (AvgIpc) is 2.87. The molecule has 2 aromatic rings. The number of aromatic nitrogens is 3. The number of hydrogen-bond acceptors (Lipinski definition) is 4. The fourth-order valence-electron chi connectivity index (χ4n) is 1.91. The fourth-order valence-corrected chi connectivity index (χ4v) is 1.91. The number of benzene rings is 1. The van der Waals surface area contributed by atoms with Crippen LogP contribution in [0.3, 0.4) is 0 Å². The van der Waals surface area contributed by atoms with Crippen molar-refractivity contribution < 1.29 is 9.84 Å². The van der Waals surface area contributed by atoms with E-state index in [-0.39, 0.29) is 0 Å². The Hall–Kier alpha value is -1.88. The first-order chi connectivity index (χ1) is 9.86. The van der Waals surface area contributed by atoms with Crippen molar-refractivity contribution in [1.29, 1.82) is 0 Å². The SMILES string of the molecule is Cc1ccc(OCCCn2cc(C(C)(C)O)nn2)cc1C. The minimum absolute atomic E-state index is 0.581. The molecule has 0 spiro atoms. The molecule has 0 aliphatic carbocycles. The first kappa shape index (κ1) is 15.5. The Morgan fingerprint density at radius 3 is 2.62 bits per heavy atom. The minimum atomic E-state index is -0.950. The molecule has 0 saturated carbocycles. The van der Waals surface area contributed by atoms with Crippen molar-refractivity contribution in [2.45, 2.75) is 46.3 Å². The van der Waals surface area contributed by atoms with Crippen molar-refractivity contribution in [2.24, 2.45) is 0 Å². The third-order valence-corrected chi connectivity index (χ3v) is 3.44. The zero-order chi connectivity index (χ0) is 15.5. The highest BCUT2D eigenvalue weighted by Crippen LogP contribution is 2.17. The van der Waals surface area contributed by atoms with Crippen LogP contribution in [0.15, 0.2) is 24.4 Å². The summed E-state index contributed by atoms with van der Waals surface area (Å²) in [5, 5.41) is 17.8. The van der Waals surface area contributed by atoms with Gasteiger partial charge in [0.15, 0.2) is 0 Å².